The van der Waals surface area contributed by atoms with Crippen LogP contribution in [-0.2, 0) is 0 Å². The van der Waals surface area contributed by atoms with Crippen molar-refractivity contribution >= 4 is 0 Å². The largest absolute Gasteiger partial charge is 0.0654 e. The van der Waals surface area contributed by atoms with Gasteiger partial charge in [-0.25, -0.2) is 0 Å². The van der Waals surface area contributed by atoms with Crippen LogP contribution in [0.5, 0.6) is 0 Å². The molecule has 17 aliphatic rings. The van der Waals surface area contributed by atoms with E-state index in [9.17, 15) is 0 Å². The molecule has 0 saturated heterocycles. The van der Waals surface area contributed by atoms with E-state index in [1.165, 1.54) is 49.4 Å². The van der Waals surface area contributed by atoms with E-state index >= 15 is 0 Å². The van der Waals surface area contributed by atoms with Gasteiger partial charge in [0.1, 0.15) is 0 Å². The maximum Gasteiger partial charge on any atom is -0.00175 e. The Morgan fingerprint density at radius 2 is 1.07 bits per heavy atom. The average Bonchev–Trinajstić information content (AvgIpc) is 3.10. The molecule has 0 aromatic rings. The van der Waals surface area contributed by atoms with Crippen LogP contribution in [0, 0.1) is 136 Å². The highest BCUT2D eigenvalue weighted by Crippen LogP contribution is 3.42. The third-order valence-electron chi connectivity index (χ3n) is 29.6. The second-order valence-corrected chi connectivity index (χ2v) is 26.5. The molecule has 17 fully saturated rings. The molecule has 24 unspecified atom stereocenters. The molecule has 0 radical (unpaired) electrons. The van der Waals surface area contributed by atoms with Gasteiger partial charge in [-0.15, -0.1) is 0 Å². The summed E-state index contributed by atoms with van der Waals surface area (Å²) in [6.45, 7) is 10.9. The predicted octanol–water partition coefficient (Wildman–Crippen LogP) is 13.7. The first-order valence-corrected chi connectivity index (χ1v) is 26.5. The van der Waals surface area contributed by atoms with Gasteiger partial charge < -0.3 is 0 Å². The summed E-state index contributed by atoms with van der Waals surface area (Å²) >= 11 is 0. The lowest BCUT2D eigenvalue weighted by Gasteiger charge is -3.40. The van der Waals surface area contributed by atoms with E-state index in [1.807, 2.05) is 0 Å². The number of hydrogen-bond donors (Lipinski definition) is 0. The van der Waals surface area contributed by atoms with Crippen LogP contribution in [0.15, 0.2) is 0 Å². The van der Waals surface area contributed by atoms with Gasteiger partial charge >= 0.3 is 0 Å². The first-order chi connectivity index (χ1) is 26.5. The minimum Gasteiger partial charge on any atom is -0.0654 e. The molecule has 0 aromatic carbocycles. The molecule has 0 heterocycles. The Kier molecular flexibility index (Phi) is 4.58. The minimum atomic E-state index is 0.741. The van der Waals surface area contributed by atoms with Crippen LogP contribution in [0.2, 0.25) is 0 Å². The molecule has 0 N–H and O–H groups in total. The number of fused-ring (bicyclic) bond motifs is 17. The van der Waals surface area contributed by atoms with Crippen LogP contribution >= 0.6 is 0 Å². The number of rotatable bonds is 8. The molecule has 9 spiro atoms. The zero-order valence-corrected chi connectivity index (χ0v) is 35.3. The second-order valence-electron chi connectivity index (χ2n) is 26.5. The van der Waals surface area contributed by atoms with Crippen LogP contribution in [-0.4, -0.2) is 0 Å². The topological polar surface area (TPSA) is 0 Å². The van der Waals surface area contributed by atoms with Gasteiger partial charge in [-0.05, 0) is 252 Å². The van der Waals surface area contributed by atoms with Crippen LogP contribution in [0.1, 0.15) is 195 Å². The quantitative estimate of drug-likeness (QED) is 0.234. The molecule has 0 aromatic heterocycles. The SMILES string of the molecule is CCCC1C2C3CCCC4CCC35C36CCC4C4CCC37C38CCC4CCCC3C3C4CC9CCC9CC49C4(CCC)C%10(CCC)C1(CCC)C25C6%10C74C389. The van der Waals surface area contributed by atoms with Crippen molar-refractivity contribution in [1.29, 1.82) is 0 Å². The first kappa shape index (κ1) is 31.0. The summed E-state index contributed by atoms with van der Waals surface area (Å²) in [6, 6.07) is 0. The molecule has 17 aliphatic carbocycles. The van der Waals surface area contributed by atoms with E-state index in [1.54, 1.807) is 141 Å². The summed E-state index contributed by atoms with van der Waals surface area (Å²) in [5.41, 5.74) is 9.61. The normalized spacial score (nSPS) is 76.7. The van der Waals surface area contributed by atoms with Gasteiger partial charge in [0.25, 0.3) is 0 Å². The molecule has 0 nitrogen and oxygen atoms in total. The molecule has 54 heavy (non-hydrogen) atoms. The Balaban J connectivity index is 1.04. The van der Waals surface area contributed by atoms with Crippen molar-refractivity contribution in [3.63, 3.8) is 0 Å². The highest BCUT2D eigenvalue weighted by molar-refractivity contribution is 5.85. The highest BCUT2D eigenvalue weighted by Gasteiger charge is 3.40. The van der Waals surface area contributed by atoms with Crippen LogP contribution in [0.25, 0.3) is 0 Å². The maximum absolute atomic E-state index is 2.76. The summed E-state index contributed by atoms with van der Waals surface area (Å²) < 4.78 is 0. The van der Waals surface area contributed by atoms with Crippen LogP contribution in [0.3, 0.4) is 0 Å². The van der Waals surface area contributed by atoms with Crippen molar-refractivity contribution in [1.82, 2.24) is 0 Å². The van der Waals surface area contributed by atoms with E-state index in [0.29, 0.717) is 0 Å². The van der Waals surface area contributed by atoms with Crippen molar-refractivity contribution in [3.8, 4) is 0 Å². The number of hydrogen-bond acceptors (Lipinski definition) is 0. The van der Waals surface area contributed by atoms with E-state index in [4.69, 9.17) is 0 Å². The molecule has 0 aliphatic heterocycles. The van der Waals surface area contributed by atoms with Crippen LogP contribution in [0.4, 0.5) is 0 Å². The molecule has 17 rings (SSSR count). The van der Waals surface area contributed by atoms with Crippen molar-refractivity contribution in [2.75, 3.05) is 0 Å². The molecule has 17 saturated carbocycles. The smallest absolute Gasteiger partial charge is 0.00175 e. The van der Waals surface area contributed by atoms with Gasteiger partial charge in [0.15, 0.2) is 0 Å². The minimum absolute atomic E-state index is 0.741. The standard InChI is InChI=1S/C54H76/c1-5-11-37-41-38-14-9-12-31-18-25-44(38)49-27-20-35(31)36-21-28-50(49)45-26-19-32(36)13-10-15-39(45)42-40-29-33-16-17-34(33)30-46(40)48(24-8-4)47(23-7-3)43(37,22-6-2)51(41,44)53(47,49)54(48,50)52(42,45)46/h31-42H,5-30H2,1-4H3. The molecular formula is C54H76. The molecule has 24 atom stereocenters. The lowest BCUT2D eigenvalue weighted by Crippen LogP contribution is -3.38. The van der Waals surface area contributed by atoms with Gasteiger partial charge in [-0.2, -0.15) is 0 Å². The predicted molar refractivity (Wildman–Crippen MR) is 214 cm³/mol. The van der Waals surface area contributed by atoms with Gasteiger partial charge in [0, 0.05) is 0 Å². The molecule has 0 heteroatoms. The zero-order chi connectivity index (χ0) is 35.3. The Labute approximate surface area is 329 Å². The fourth-order valence-corrected chi connectivity index (χ4v) is 33.3. The summed E-state index contributed by atoms with van der Waals surface area (Å²) in [7, 11) is 0. The van der Waals surface area contributed by atoms with E-state index in [-0.39, 0.29) is 0 Å². The Hall–Kier alpha value is 0. The highest BCUT2D eigenvalue weighted by atomic mass is 15.4. The van der Waals surface area contributed by atoms with Gasteiger partial charge in [-0.3, -0.25) is 0 Å². The fraction of sp³-hybridized carbons (Fsp3) is 1.00. The summed E-state index contributed by atoms with van der Waals surface area (Å²) in [4.78, 5) is 0. The third-order valence-corrected chi connectivity index (χ3v) is 29.6. The Morgan fingerprint density at radius 1 is 0.463 bits per heavy atom. The molecule has 292 valence electrons. The first-order valence-electron chi connectivity index (χ1n) is 26.5. The van der Waals surface area contributed by atoms with E-state index in [0.717, 1.165) is 112 Å². The molecule has 0 amide bonds. The van der Waals surface area contributed by atoms with Gasteiger partial charge in [-0.1, -0.05) is 79.1 Å². The van der Waals surface area contributed by atoms with Crippen molar-refractivity contribution < 1.29 is 0 Å². The van der Waals surface area contributed by atoms with Crippen molar-refractivity contribution in [3.05, 3.63) is 0 Å². The molecule has 8 bridgehead atoms. The summed E-state index contributed by atoms with van der Waals surface area (Å²) in [5, 5.41) is 0. The van der Waals surface area contributed by atoms with Crippen molar-refractivity contribution in [2.24, 2.45) is 136 Å². The zero-order valence-electron chi connectivity index (χ0n) is 35.3. The van der Waals surface area contributed by atoms with Gasteiger partial charge in [0.05, 0.1) is 0 Å². The van der Waals surface area contributed by atoms with E-state index < -0.39 is 0 Å². The lowest BCUT2D eigenvalue weighted by molar-refractivity contribution is -0.951. The maximum atomic E-state index is 2.76. The summed E-state index contributed by atoms with van der Waals surface area (Å²) in [6.07, 6.45) is 43.7. The fourth-order valence-electron chi connectivity index (χ4n) is 33.3. The van der Waals surface area contributed by atoms with Crippen LogP contribution < -0.4 is 0 Å². The Morgan fingerprint density at radius 3 is 1.70 bits per heavy atom. The third kappa shape index (κ3) is 1.65. The second kappa shape index (κ2) is 7.98. The Bertz CT molecular complexity index is 1740. The monoisotopic (exact) mass is 725 g/mol. The summed E-state index contributed by atoms with van der Waals surface area (Å²) in [5.74, 6) is 13.8. The van der Waals surface area contributed by atoms with E-state index in [2.05, 4.69) is 27.7 Å². The van der Waals surface area contributed by atoms with Gasteiger partial charge in [0.2, 0.25) is 0 Å². The molecular weight excluding hydrogens is 649 g/mol. The average molecular weight is 725 g/mol. The lowest BCUT2D eigenvalue weighted by atomic mass is 8.62. The van der Waals surface area contributed by atoms with Crippen molar-refractivity contribution in [2.45, 2.75) is 195 Å².